The zero-order chi connectivity index (χ0) is 45.9. The second-order valence-corrected chi connectivity index (χ2v) is 18.6. The van der Waals surface area contributed by atoms with Crippen LogP contribution in [0.3, 0.4) is 0 Å². The first-order valence-electron chi connectivity index (χ1n) is 24.1. The number of aromatic nitrogens is 5. The van der Waals surface area contributed by atoms with Crippen LogP contribution in [-0.2, 0) is 0 Å². The lowest BCUT2D eigenvalue weighted by atomic mass is 10.0. The van der Waals surface area contributed by atoms with Gasteiger partial charge >= 0.3 is 0 Å². The lowest BCUT2D eigenvalue weighted by Gasteiger charge is -2.18. The molecule has 6 heterocycles. The fourth-order valence-corrected chi connectivity index (χ4v) is 11.7. The van der Waals surface area contributed by atoms with Gasteiger partial charge in [0.15, 0.2) is 0 Å². The third kappa shape index (κ3) is 5.74. The molecule has 5 aromatic heterocycles. The highest BCUT2D eigenvalue weighted by Crippen LogP contribution is 2.44. The van der Waals surface area contributed by atoms with Gasteiger partial charge in [-0.15, -0.1) is 0 Å². The zero-order valence-corrected chi connectivity index (χ0v) is 38.0. The van der Waals surface area contributed by atoms with Gasteiger partial charge in [-0.3, -0.25) is 9.98 Å². The Labute approximate surface area is 402 Å². The summed E-state index contributed by atoms with van der Waals surface area (Å²) in [6.07, 6.45) is 10.8. The van der Waals surface area contributed by atoms with E-state index in [-0.39, 0.29) is 6.04 Å². The second kappa shape index (κ2) is 15.1. The number of aliphatic imine (C=N–C) groups is 1. The van der Waals surface area contributed by atoms with Crippen molar-refractivity contribution in [3.05, 3.63) is 231 Å². The van der Waals surface area contributed by atoms with Crippen LogP contribution in [0, 0.1) is 0 Å². The van der Waals surface area contributed by atoms with Gasteiger partial charge in [-0.25, -0.2) is 0 Å². The fourth-order valence-electron chi connectivity index (χ4n) is 11.7. The van der Waals surface area contributed by atoms with Crippen LogP contribution in [0.1, 0.15) is 12.5 Å². The average molecular weight is 895 g/mol. The maximum atomic E-state index is 4.45. The highest BCUT2D eigenvalue weighted by Gasteiger charge is 2.23. The molecule has 1 aliphatic rings. The molecule has 0 saturated carbocycles. The summed E-state index contributed by atoms with van der Waals surface area (Å²) in [5.74, 6) is 0. The molecule has 1 aliphatic heterocycles. The lowest BCUT2D eigenvalue weighted by molar-refractivity contribution is 0.667. The summed E-state index contributed by atoms with van der Waals surface area (Å²) in [5, 5.41) is 9.88. The molecule has 14 aromatic rings. The first-order valence-corrected chi connectivity index (χ1v) is 24.1. The highest BCUT2D eigenvalue weighted by atomic mass is 15.0. The summed E-state index contributed by atoms with van der Waals surface area (Å²) in [7, 11) is 0. The van der Waals surface area contributed by atoms with Gasteiger partial charge in [0.25, 0.3) is 0 Å². The molecule has 0 saturated heterocycles. The van der Waals surface area contributed by atoms with E-state index in [0.29, 0.717) is 0 Å². The summed E-state index contributed by atoms with van der Waals surface area (Å²) < 4.78 is 9.82. The van der Waals surface area contributed by atoms with E-state index in [1.165, 1.54) is 92.9 Å². The number of rotatable bonds is 6. The zero-order valence-electron chi connectivity index (χ0n) is 38.0. The Morgan fingerprint density at radius 3 is 1.33 bits per heavy atom. The van der Waals surface area contributed by atoms with Crippen molar-refractivity contribution >= 4 is 93.4 Å². The summed E-state index contributed by atoms with van der Waals surface area (Å²) in [4.78, 5) is 8.82. The Morgan fingerprint density at radius 2 is 0.771 bits per heavy atom. The van der Waals surface area contributed by atoms with E-state index in [1.54, 1.807) is 0 Å². The van der Waals surface area contributed by atoms with Crippen LogP contribution < -0.4 is 0 Å². The topological polar surface area (TPSA) is 45.0 Å². The Morgan fingerprint density at radius 1 is 0.329 bits per heavy atom. The first kappa shape index (κ1) is 38.8. The molecular weight excluding hydrogens is 853 g/mol. The number of hydrogen-bond donors (Lipinski definition) is 0. The van der Waals surface area contributed by atoms with Gasteiger partial charge < -0.3 is 18.3 Å². The Kier molecular flexibility index (Phi) is 8.38. The van der Waals surface area contributed by atoms with Crippen molar-refractivity contribution in [1.82, 2.24) is 23.3 Å². The quantitative estimate of drug-likeness (QED) is 0.164. The molecule has 1 unspecified atom stereocenters. The lowest BCUT2D eigenvalue weighted by Crippen LogP contribution is -2.08. The van der Waals surface area contributed by atoms with Gasteiger partial charge in [0.2, 0.25) is 0 Å². The van der Waals surface area contributed by atoms with Crippen molar-refractivity contribution in [2.45, 2.75) is 12.5 Å². The molecule has 1 atom stereocenters. The second-order valence-electron chi connectivity index (χ2n) is 18.6. The van der Waals surface area contributed by atoms with Gasteiger partial charge in [-0.05, 0) is 125 Å². The number of para-hydroxylation sites is 2. The van der Waals surface area contributed by atoms with Crippen LogP contribution >= 0.6 is 0 Å². The largest absolute Gasteiger partial charge is 0.333 e. The molecule has 0 bridgehead atoms. The Bertz CT molecular complexity index is 4470. The molecule has 0 fully saturated rings. The van der Waals surface area contributed by atoms with Crippen LogP contribution in [0.4, 0.5) is 0 Å². The van der Waals surface area contributed by atoms with Crippen LogP contribution in [0.2, 0.25) is 0 Å². The minimum atomic E-state index is 0.168. The maximum Gasteiger partial charge on any atom is 0.0589 e. The van der Waals surface area contributed by atoms with Crippen LogP contribution in [0.5, 0.6) is 0 Å². The molecule has 6 heteroatoms. The molecule has 0 amide bonds. The summed E-state index contributed by atoms with van der Waals surface area (Å²) in [5.41, 5.74) is 17.6. The summed E-state index contributed by atoms with van der Waals surface area (Å²) in [6, 6.07) is 76.3. The minimum absolute atomic E-state index is 0.168. The molecule has 15 rings (SSSR count). The van der Waals surface area contributed by atoms with Gasteiger partial charge in [0.1, 0.15) is 0 Å². The molecule has 0 N–H and O–H groups in total. The van der Waals surface area contributed by atoms with E-state index in [0.717, 1.165) is 40.0 Å². The molecule has 0 spiro atoms. The third-order valence-corrected chi connectivity index (χ3v) is 14.8. The summed E-state index contributed by atoms with van der Waals surface area (Å²) in [6.45, 7) is 0. The molecule has 0 radical (unpaired) electrons. The van der Waals surface area contributed by atoms with Crippen molar-refractivity contribution < 1.29 is 0 Å². The van der Waals surface area contributed by atoms with Gasteiger partial charge in [0, 0.05) is 96.9 Å². The van der Waals surface area contributed by atoms with Crippen molar-refractivity contribution in [1.29, 1.82) is 0 Å². The number of allylic oxidation sites excluding steroid dienone is 1. The van der Waals surface area contributed by atoms with E-state index in [9.17, 15) is 0 Å². The van der Waals surface area contributed by atoms with E-state index >= 15 is 0 Å². The van der Waals surface area contributed by atoms with Crippen LogP contribution in [0.25, 0.3) is 127 Å². The van der Waals surface area contributed by atoms with E-state index in [1.807, 2.05) is 24.8 Å². The van der Waals surface area contributed by atoms with Crippen molar-refractivity contribution in [2.24, 2.45) is 4.99 Å². The summed E-state index contributed by atoms with van der Waals surface area (Å²) >= 11 is 0. The number of pyridine rings is 1. The van der Waals surface area contributed by atoms with Crippen LogP contribution in [-0.4, -0.2) is 29.5 Å². The molecular formula is C64H42N6. The molecule has 9 aromatic carbocycles. The standard InChI is InChI=1S/C64H42N6/c1-3-11-41(12-4-1)43-19-25-59-51(35-43)55-37-53-49-15-7-9-17-57(49)69(47-27-31-65-32-28-47)61(53)39-63(55)67(59)45-21-23-46(24-22-45)68-60-26-20-44(42-13-5-2-6-14-42)36-52(60)56-38-54-50-16-8-10-18-58(50)70(62(54)40-64(56)68)48-29-33-66-34-30-48/h1-29,31-40,48H,30H2. The van der Waals surface area contributed by atoms with Crippen molar-refractivity contribution in [2.75, 3.05) is 0 Å². The van der Waals surface area contributed by atoms with Crippen molar-refractivity contribution in [3.8, 4) is 39.3 Å². The number of fused-ring (bicyclic) bond motifs is 12. The molecule has 6 nitrogen and oxygen atoms in total. The first-order chi connectivity index (χ1) is 34.7. The van der Waals surface area contributed by atoms with Crippen LogP contribution in [0.15, 0.2) is 236 Å². The fraction of sp³-hybridized carbons (Fsp3) is 0.0312. The monoisotopic (exact) mass is 894 g/mol. The predicted octanol–water partition coefficient (Wildman–Crippen LogP) is 16.3. The average Bonchev–Trinajstić information content (AvgIpc) is 4.14. The van der Waals surface area contributed by atoms with E-state index in [4.69, 9.17) is 0 Å². The van der Waals surface area contributed by atoms with Gasteiger partial charge in [-0.1, -0.05) is 109 Å². The highest BCUT2D eigenvalue weighted by molar-refractivity contribution is 6.21. The normalized spacial score (nSPS) is 14.0. The number of benzene rings is 9. The minimum Gasteiger partial charge on any atom is -0.333 e. The van der Waals surface area contributed by atoms with Crippen molar-refractivity contribution in [3.63, 3.8) is 0 Å². The van der Waals surface area contributed by atoms with Gasteiger partial charge in [0.05, 0.1) is 44.7 Å². The maximum absolute atomic E-state index is 4.45. The SMILES string of the molecule is C1=CC(n2c3ccccc3c3cc4c5cc(-c6ccccc6)ccc5n(-c5ccc(-n6c7ccc(-c8ccccc8)cc7c7cc8c9ccccc9n(-c9ccncc9)c8cc76)cc5)c4cc32)CC=N1. The van der Waals surface area contributed by atoms with E-state index < -0.39 is 0 Å². The smallest absolute Gasteiger partial charge is 0.0589 e. The Balaban J connectivity index is 0.974. The molecule has 328 valence electrons. The van der Waals surface area contributed by atoms with Gasteiger partial charge in [-0.2, -0.15) is 0 Å². The number of nitrogens with zero attached hydrogens (tertiary/aromatic N) is 6. The Hall–Kier alpha value is -9.26. The molecule has 0 aliphatic carbocycles. The predicted molar refractivity (Wildman–Crippen MR) is 292 cm³/mol. The molecule has 70 heavy (non-hydrogen) atoms. The van der Waals surface area contributed by atoms with E-state index in [2.05, 4.69) is 241 Å². The third-order valence-electron chi connectivity index (χ3n) is 14.8. The number of hydrogen-bond acceptors (Lipinski definition) is 2.